The third-order valence-electron chi connectivity index (χ3n) is 3.10. The Morgan fingerprint density at radius 3 is 2.67 bits per heavy atom. The van der Waals surface area contributed by atoms with Crippen molar-refractivity contribution in [1.82, 2.24) is 5.32 Å². The zero-order chi connectivity index (χ0) is 15.1. The van der Waals surface area contributed by atoms with Crippen LogP contribution in [0.15, 0.2) is 53.0 Å². The molecule has 0 bridgehead atoms. The molecule has 0 saturated carbocycles. The number of anilines is 1. The van der Waals surface area contributed by atoms with Crippen molar-refractivity contribution in [2.24, 2.45) is 0 Å². The lowest BCUT2D eigenvalue weighted by atomic mass is 10.3. The van der Waals surface area contributed by atoms with Gasteiger partial charge >= 0.3 is 0 Å². The van der Waals surface area contributed by atoms with Gasteiger partial charge in [0.2, 0.25) is 5.91 Å². The van der Waals surface area contributed by atoms with Crippen LogP contribution in [0, 0.1) is 6.92 Å². The molecule has 0 unspecified atom stereocenters. The summed E-state index contributed by atoms with van der Waals surface area (Å²) in [6, 6.07) is 13.8. The molecule has 4 heteroatoms. The Kier molecular flexibility index (Phi) is 5.21. The molecule has 1 heterocycles. The van der Waals surface area contributed by atoms with Crippen molar-refractivity contribution in [2.45, 2.75) is 6.92 Å². The molecular formula is C17H20N2O2. The molecule has 2 rings (SSSR count). The molecule has 0 aliphatic rings. The van der Waals surface area contributed by atoms with Crippen LogP contribution < -0.4 is 10.2 Å². The first kappa shape index (κ1) is 14.9. The van der Waals surface area contributed by atoms with Crippen LogP contribution in [0.5, 0.6) is 0 Å². The molecule has 1 aromatic heterocycles. The van der Waals surface area contributed by atoms with Crippen LogP contribution in [0.3, 0.4) is 0 Å². The van der Waals surface area contributed by atoms with Crippen LogP contribution in [-0.2, 0) is 4.79 Å². The van der Waals surface area contributed by atoms with Crippen LogP contribution in [0.25, 0.3) is 6.08 Å². The van der Waals surface area contributed by atoms with Crippen LogP contribution in [0.4, 0.5) is 5.69 Å². The van der Waals surface area contributed by atoms with E-state index in [1.165, 1.54) is 6.08 Å². The van der Waals surface area contributed by atoms with Crippen molar-refractivity contribution < 1.29 is 9.21 Å². The average molecular weight is 284 g/mol. The number of hydrogen-bond donors (Lipinski definition) is 1. The Labute approximate surface area is 125 Å². The second-order valence-electron chi connectivity index (χ2n) is 4.83. The molecule has 1 N–H and O–H groups in total. The fourth-order valence-electron chi connectivity index (χ4n) is 1.92. The Hall–Kier alpha value is -2.49. The van der Waals surface area contributed by atoms with Crippen LogP contribution in [-0.4, -0.2) is 26.0 Å². The topological polar surface area (TPSA) is 45.5 Å². The first-order chi connectivity index (χ1) is 10.1. The highest BCUT2D eigenvalue weighted by Crippen LogP contribution is 2.10. The lowest BCUT2D eigenvalue weighted by molar-refractivity contribution is -0.116. The van der Waals surface area contributed by atoms with E-state index < -0.39 is 0 Å². The van der Waals surface area contributed by atoms with E-state index in [4.69, 9.17) is 4.42 Å². The van der Waals surface area contributed by atoms with Crippen LogP contribution in [0.1, 0.15) is 11.5 Å². The molecule has 1 amide bonds. The average Bonchev–Trinajstić information content (AvgIpc) is 2.91. The third-order valence-corrected chi connectivity index (χ3v) is 3.10. The molecule has 0 radical (unpaired) electrons. The van der Waals surface area contributed by atoms with E-state index in [1.54, 1.807) is 6.08 Å². The van der Waals surface area contributed by atoms with Gasteiger partial charge in [-0.25, -0.2) is 0 Å². The van der Waals surface area contributed by atoms with Gasteiger partial charge in [0.15, 0.2) is 0 Å². The molecule has 0 aliphatic heterocycles. The molecule has 0 saturated heterocycles. The summed E-state index contributed by atoms with van der Waals surface area (Å²) >= 11 is 0. The van der Waals surface area contributed by atoms with Crippen LogP contribution >= 0.6 is 0 Å². The highest BCUT2D eigenvalue weighted by Gasteiger charge is 2.01. The van der Waals surface area contributed by atoms with Gasteiger partial charge in [-0.2, -0.15) is 0 Å². The summed E-state index contributed by atoms with van der Waals surface area (Å²) in [6.07, 6.45) is 3.16. The van der Waals surface area contributed by atoms with Gasteiger partial charge in [0.05, 0.1) is 0 Å². The molecule has 0 fully saturated rings. The first-order valence-corrected chi connectivity index (χ1v) is 6.94. The Bertz CT molecular complexity index is 602. The van der Waals surface area contributed by atoms with Gasteiger partial charge in [0, 0.05) is 31.9 Å². The minimum absolute atomic E-state index is 0.120. The number of likely N-dealkylation sites (N-methyl/N-ethyl adjacent to an activating group) is 1. The van der Waals surface area contributed by atoms with Crippen molar-refractivity contribution in [3.63, 3.8) is 0 Å². The number of furan rings is 1. The predicted octanol–water partition coefficient (Wildman–Crippen LogP) is 2.85. The van der Waals surface area contributed by atoms with Crippen molar-refractivity contribution in [3.8, 4) is 0 Å². The maximum Gasteiger partial charge on any atom is 0.244 e. The van der Waals surface area contributed by atoms with Gasteiger partial charge in [-0.1, -0.05) is 18.2 Å². The van der Waals surface area contributed by atoms with Gasteiger partial charge in [0.1, 0.15) is 11.5 Å². The number of rotatable bonds is 6. The highest BCUT2D eigenvalue weighted by atomic mass is 16.3. The van der Waals surface area contributed by atoms with E-state index in [9.17, 15) is 4.79 Å². The number of carbonyl (C=O) groups is 1. The number of aryl methyl sites for hydroxylation is 1. The fraction of sp³-hybridized carbons (Fsp3) is 0.235. The quantitative estimate of drug-likeness (QED) is 0.830. The number of nitrogens with zero attached hydrogens (tertiary/aromatic N) is 1. The van der Waals surface area contributed by atoms with Crippen LogP contribution in [0.2, 0.25) is 0 Å². The lowest BCUT2D eigenvalue weighted by Crippen LogP contribution is -2.31. The highest BCUT2D eigenvalue weighted by molar-refractivity contribution is 5.91. The molecule has 110 valence electrons. The molecule has 0 aliphatic carbocycles. The van der Waals surface area contributed by atoms with Gasteiger partial charge in [-0.05, 0) is 37.3 Å². The smallest absolute Gasteiger partial charge is 0.244 e. The summed E-state index contributed by atoms with van der Waals surface area (Å²) in [6.45, 7) is 3.21. The Balaban J connectivity index is 1.73. The van der Waals surface area contributed by atoms with E-state index in [1.807, 2.05) is 56.4 Å². The molecule has 2 aromatic rings. The van der Waals surface area contributed by atoms with Gasteiger partial charge < -0.3 is 14.6 Å². The van der Waals surface area contributed by atoms with E-state index in [0.717, 1.165) is 18.0 Å². The van der Waals surface area contributed by atoms with Gasteiger partial charge in [-0.15, -0.1) is 0 Å². The Morgan fingerprint density at radius 2 is 2.00 bits per heavy atom. The van der Waals surface area contributed by atoms with Crippen molar-refractivity contribution in [1.29, 1.82) is 0 Å². The standard InChI is InChI=1S/C17H20N2O2/c1-14-8-9-16(21-14)10-11-17(20)18-12-13-19(2)15-6-4-3-5-7-15/h3-11H,12-13H2,1-2H3,(H,18,20)/b11-10+. The lowest BCUT2D eigenvalue weighted by Gasteiger charge is -2.19. The summed E-state index contributed by atoms with van der Waals surface area (Å²) in [7, 11) is 2.00. The predicted molar refractivity (Wildman–Crippen MR) is 85.2 cm³/mol. The van der Waals surface area contributed by atoms with Crippen molar-refractivity contribution in [2.75, 3.05) is 25.0 Å². The number of hydrogen-bond acceptors (Lipinski definition) is 3. The summed E-state index contributed by atoms with van der Waals surface area (Å²) < 4.78 is 5.36. The van der Waals surface area contributed by atoms with Gasteiger partial charge in [-0.3, -0.25) is 4.79 Å². The third kappa shape index (κ3) is 4.84. The minimum atomic E-state index is -0.120. The molecule has 0 spiro atoms. The number of carbonyl (C=O) groups excluding carboxylic acids is 1. The number of nitrogens with one attached hydrogen (secondary N) is 1. The molecule has 4 nitrogen and oxygen atoms in total. The van der Waals surface area contributed by atoms with E-state index >= 15 is 0 Å². The number of para-hydroxylation sites is 1. The van der Waals surface area contributed by atoms with Crippen molar-refractivity contribution >= 4 is 17.7 Å². The normalized spacial score (nSPS) is 10.8. The SMILES string of the molecule is Cc1ccc(/C=C/C(=O)NCCN(C)c2ccccc2)o1. The van der Waals surface area contributed by atoms with E-state index in [-0.39, 0.29) is 5.91 Å². The zero-order valence-corrected chi connectivity index (χ0v) is 12.4. The maximum atomic E-state index is 11.7. The molecule has 21 heavy (non-hydrogen) atoms. The second kappa shape index (κ2) is 7.33. The first-order valence-electron chi connectivity index (χ1n) is 6.94. The molecule has 0 atom stereocenters. The van der Waals surface area contributed by atoms with Crippen molar-refractivity contribution in [3.05, 3.63) is 60.1 Å². The molecular weight excluding hydrogens is 264 g/mol. The Morgan fingerprint density at radius 1 is 1.24 bits per heavy atom. The summed E-state index contributed by atoms with van der Waals surface area (Å²) in [5, 5.41) is 2.85. The fourth-order valence-corrected chi connectivity index (χ4v) is 1.92. The number of benzene rings is 1. The summed E-state index contributed by atoms with van der Waals surface area (Å²) in [4.78, 5) is 13.8. The minimum Gasteiger partial charge on any atom is -0.462 e. The summed E-state index contributed by atoms with van der Waals surface area (Å²) in [5.74, 6) is 1.40. The van der Waals surface area contributed by atoms with Gasteiger partial charge in [0.25, 0.3) is 0 Å². The maximum absolute atomic E-state index is 11.7. The molecule has 1 aromatic carbocycles. The van der Waals surface area contributed by atoms with E-state index in [2.05, 4.69) is 10.2 Å². The largest absolute Gasteiger partial charge is 0.462 e. The number of amides is 1. The van der Waals surface area contributed by atoms with E-state index in [0.29, 0.717) is 12.3 Å². The summed E-state index contributed by atoms with van der Waals surface area (Å²) in [5.41, 5.74) is 1.13. The second-order valence-corrected chi connectivity index (χ2v) is 4.83. The monoisotopic (exact) mass is 284 g/mol. The zero-order valence-electron chi connectivity index (χ0n) is 12.4.